The normalized spacial score (nSPS) is 20.0. The number of ether oxygens (including phenoxy) is 5. The number of carbonyl (C=O) groups is 1. The second kappa shape index (κ2) is 14.1. The summed E-state index contributed by atoms with van der Waals surface area (Å²) in [5.41, 5.74) is 8.70. The number of benzene rings is 4. The van der Waals surface area contributed by atoms with Gasteiger partial charge in [-0.1, -0.05) is 87.5 Å². The summed E-state index contributed by atoms with van der Waals surface area (Å²) in [7, 11) is 1.38. The number of likely N-dealkylation sites (N-methyl/N-ethyl adjacent to an activating group) is 1. The van der Waals surface area contributed by atoms with Gasteiger partial charge in [0.1, 0.15) is 12.4 Å². The molecule has 10 heteroatoms. The third kappa shape index (κ3) is 6.28. The lowest BCUT2D eigenvalue weighted by molar-refractivity contribution is -0.145. The van der Waals surface area contributed by atoms with E-state index >= 15 is 4.79 Å². The summed E-state index contributed by atoms with van der Waals surface area (Å²) < 4.78 is 39.2. The van der Waals surface area contributed by atoms with Crippen LogP contribution in [0.25, 0.3) is 6.08 Å². The molecule has 0 spiro atoms. The average Bonchev–Trinajstić information content (AvgIpc) is 3.65. The van der Waals surface area contributed by atoms with Crippen molar-refractivity contribution < 1.29 is 32.9 Å². The maximum atomic E-state index is 15.1. The molecule has 9 nitrogen and oxygen atoms in total. The van der Waals surface area contributed by atoms with Crippen molar-refractivity contribution in [2.75, 3.05) is 27.6 Å². The Balaban J connectivity index is 1.34. The van der Waals surface area contributed by atoms with E-state index in [-0.39, 0.29) is 30.4 Å². The molecule has 0 aliphatic carbocycles. The van der Waals surface area contributed by atoms with Crippen LogP contribution in [0, 0.1) is 13.8 Å². The minimum absolute atomic E-state index is 0.0231. The van der Waals surface area contributed by atoms with Crippen molar-refractivity contribution in [3.05, 3.63) is 117 Å². The summed E-state index contributed by atoms with van der Waals surface area (Å²) in [6.07, 6.45) is 2.70. The number of nitrogens with zero attached hydrogens (tertiary/aromatic N) is 2. The van der Waals surface area contributed by atoms with E-state index in [1.807, 2.05) is 48.2 Å². The molecule has 0 N–H and O–H groups in total. The molecule has 4 aromatic carbocycles. The van der Waals surface area contributed by atoms with E-state index in [4.69, 9.17) is 28.1 Å². The highest BCUT2D eigenvalue weighted by Crippen LogP contribution is 2.59. The van der Waals surface area contributed by atoms with Gasteiger partial charge in [0.25, 0.3) is 8.32 Å². The van der Waals surface area contributed by atoms with Crippen LogP contribution in [0.4, 0.5) is 0 Å². The van der Waals surface area contributed by atoms with Gasteiger partial charge in [-0.2, -0.15) is 0 Å². The molecule has 4 heterocycles. The van der Waals surface area contributed by atoms with Crippen LogP contribution >= 0.6 is 0 Å². The quantitative estimate of drug-likeness (QED) is 0.148. The maximum Gasteiger partial charge on any atom is 0.250 e. The Morgan fingerprint density at radius 3 is 2.18 bits per heavy atom. The number of rotatable bonds is 10. The van der Waals surface area contributed by atoms with Crippen molar-refractivity contribution in [1.29, 1.82) is 0 Å². The Bertz CT molecular complexity index is 2160. The van der Waals surface area contributed by atoms with Gasteiger partial charge in [0.15, 0.2) is 23.0 Å². The van der Waals surface area contributed by atoms with Crippen LogP contribution in [0.15, 0.2) is 72.4 Å². The van der Waals surface area contributed by atoms with E-state index in [0.717, 1.165) is 56.0 Å². The van der Waals surface area contributed by atoms with Crippen LogP contribution in [0.5, 0.6) is 28.7 Å². The number of methoxy groups -OCH3 is 1. The van der Waals surface area contributed by atoms with Crippen LogP contribution in [0.2, 0.25) is 18.1 Å². The summed E-state index contributed by atoms with van der Waals surface area (Å²) >= 11 is 0. The first-order chi connectivity index (χ1) is 26.3. The lowest BCUT2D eigenvalue weighted by Gasteiger charge is -2.53. The van der Waals surface area contributed by atoms with Gasteiger partial charge in [-0.25, -0.2) is 0 Å². The first-order valence-corrected chi connectivity index (χ1v) is 22.1. The number of piperazine rings is 1. The van der Waals surface area contributed by atoms with Crippen LogP contribution in [0.3, 0.4) is 0 Å². The Morgan fingerprint density at radius 1 is 0.873 bits per heavy atom. The third-order valence-electron chi connectivity index (χ3n) is 12.2. The number of carbonyl (C=O) groups excluding carboxylic acids is 1. The summed E-state index contributed by atoms with van der Waals surface area (Å²) in [6.45, 7) is 16.5. The summed E-state index contributed by atoms with van der Waals surface area (Å²) in [4.78, 5) is 19.3. The average molecular weight is 761 g/mol. The van der Waals surface area contributed by atoms with Gasteiger partial charge >= 0.3 is 0 Å². The van der Waals surface area contributed by atoms with Crippen molar-refractivity contribution in [3.8, 4) is 28.7 Å². The fourth-order valence-electron chi connectivity index (χ4n) is 8.32. The Morgan fingerprint density at radius 2 is 1.53 bits per heavy atom. The van der Waals surface area contributed by atoms with Gasteiger partial charge in [0.2, 0.25) is 12.7 Å². The minimum Gasteiger partial charge on any atom is -0.543 e. The van der Waals surface area contributed by atoms with E-state index in [2.05, 4.69) is 89.1 Å². The van der Waals surface area contributed by atoms with Crippen LogP contribution in [-0.4, -0.2) is 57.6 Å². The summed E-state index contributed by atoms with van der Waals surface area (Å²) in [6, 6.07) is 21.2. The van der Waals surface area contributed by atoms with Crippen LogP contribution in [-0.2, 0) is 29.2 Å². The fraction of sp³-hybridized carbons (Fsp3) is 0.400. The molecule has 4 aliphatic heterocycles. The zero-order valence-corrected chi connectivity index (χ0v) is 34.4. The number of aryl methyl sites for hydroxylation is 1. The zero-order chi connectivity index (χ0) is 38.8. The number of amides is 1. The van der Waals surface area contributed by atoms with Gasteiger partial charge < -0.3 is 33.0 Å². The predicted octanol–water partition coefficient (Wildman–Crippen LogP) is 9.06. The number of hydrogen-bond acceptors (Lipinski definition) is 8. The lowest BCUT2D eigenvalue weighted by Crippen LogP contribution is -2.60. The van der Waals surface area contributed by atoms with E-state index in [9.17, 15) is 0 Å². The topological polar surface area (TPSA) is 78.9 Å². The van der Waals surface area contributed by atoms with Gasteiger partial charge in [-0.15, -0.1) is 0 Å². The molecule has 0 radical (unpaired) electrons. The second-order valence-electron chi connectivity index (χ2n) is 16.7. The largest absolute Gasteiger partial charge is 0.543 e. The molecule has 1 fully saturated rings. The molecular formula is C45H52N2O7Si. The van der Waals surface area contributed by atoms with E-state index < -0.39 is 20.4 Å². The second-order valence-corrected chi connectivity index (χ2v) is 21.4. The molecule has 2 bridgehead atoms. The number of fused-ring (bicyclic) bond motifs is 9. The highest BCUT2D eigenvalue weighted by Gasteiger charge is 2.54. The van der Waals surface area contributed by atoms with Gasteiger partial charge in [-0.05, 0) is 73.8 Å². The predicted molar refractivity (Wildman–Crippen MR) is 215 cm³/mol. The standard InChI is InChI=1S/C45H52N2O7Si/c1-27-20-31-21-34-44(48)47-33(38(46(34)6)36(31)42(39(27)49-7)51-24-30-18-14-11-15-19-30)22-32-37(35(47)25-50-23-29-16-12-10-13-17-29)43-41(52-26-53-43)28(2)40(32)54-55(8,9)45(3,4)5/h10-20,22,34-35,38H,21,23-26H2,1-9H3/t34-,35-,38-/m0/s1. The Labute approximate surface area is 325 Å². The molecule has 4 aromatic rings. The zero-order valence-electron chi connectivity index (χ0n) is 33.4. The summed E-state index contributed by atoms with van der Waals surface area (Å²) in [5, 5.41) is -0.0648. The van der Waals surface area contributed by atoms with Gasteiger partial charge in [0.05, 0.1) is 38.4 Å². The molecule has 3 atom stereocenters. The van der Waals surface area contributed by atoms with Gasteiger partial charge in [-0.3, -0.25) is 9.69 Å². The van der Waals surface area contributed by atoms with Crippen molar-refractivity contribution in [3.63, 3.8) is 0 Å². The van der Waals surface area contributed by atoms with Crippen molar-refractivity contribution in [1.82, 2.24) is 9.80 Å². The van der Waals surface area contributed by atoms with Gasteiger partial charge in [0, 0.05) is 28.0 Å². The lowest BCUT2D eigenvalue weighted by atomic mass is 9.78. The Kier molecular flexibility index (Phi) is 9.50. The third-order valence-corrected chi connectivity index (χ3v) is 16.5. The molecule has 1 amide bonds. The SMILES string of the molecule is COc1c(C)cc2c(c1OCc1ccccc1)[C@@H]1C3=Cc4c(O[Si](C)(C)C(C)(C)C)c(C)c5c(c4[C@H](COCc4ccccc4)N3C(=O)[C@H](C2)N1C)OCO5. The monoisotopic (exact) mass is 760 g/mol. The van der Waals surface area contributed by atoms with E-state index in [1.165, 1.54) is 0 Å². The van der Waals surface area contributed by atoms with Crippen molar-refractivity contribution in [2.24, 2.45) is 0 Å². The van der Waals surface area contributed by atoms with Crippen LogP contribution in [0.1, 0.15) is 77.4 Å². The fourth-order valence-corrected chi connectivity index (χ4v) is 9.40. The molecule has 1 saturated heterocycles. The summed E-state index contributed by atoms with van der Waals surface area (Å²) in [5.74, 6) is 3.53. The molecule has 288 valence electrons. The highest BCUT2D eigenvalue weighted by atomic mass is 28.4. The van der Waals surface area contributed by atoms with E-state index in [1.54, 1.807) is 7.11 Å². The molecule has 0 aromatic heterocycles. The first kappa shape index (κ1) is 37.2. The molecule has 0 saturated carbocycles. The number of hydrogen-bond donors (Lipinski definition) is 0. The smallest absolute Gasteiger partial charge is 0.250 e. The molecule has 4 aliphatic rings. The van der Waals surface area contributed by atoms with E-state index in [0.29, 0.717) is 42.6 Å². The minimum atomic E-state index is -2.37. The highest BCUT2D eigenvalue weighted by molar-refractivity contribution is 6.74. The van der Waals surface area contributed by atoms with Crippen LogP contribution < -0.4 is 23.4 Å². The molecular weight excluding hydrogens is 709 g/mol. The molecule has 8 rings (SSSR count). The van der Waals surface area contributed by atoms with Crippen molar-refractivity contribution in [2.45, 2.75) is 90.5 Å². The maximum absolute atomic E-state index is 15.1. The first-order valence-electron chi connectivity index (χ1n) is 19.2. The Hall–Kier alpha value is -4.77. The molecule has 55 heavy (non-hydrogen) atoms. The van der Waals surface area contributed by atoms with Crippen molar-refractivity contribution >= 4 is 20.3 Å². The molecule has 0 unspecified atom stereocenters.